The SMILES string of the molecule is CC(=O)OC(Cl)C1=C(C(=O)OC(c2ccccc2)c2ccccc2)N2C(=O)C[C@H]2SC1. The number of hydrogen-bond acceptors (Lipinski definition) is 6. The maximum Gasteiger partial charge on any atom is 0.356 e. The van der Waals surface area contributed by atoms with E-state index in [0.717, 1.165) is 11.1 Å². The van der Waals surface area contributed by atoms with Gasteiger partial charge < -0.3 is 9.47 Å². The molecule has 0 saturated carbocycles. The molecule has 0 aromatic heterocycles. The lowest BCUT2D eigenvalue weighted by atomic mass is 10.0. The zero-order valence-electron chi connectivity index (χ0n) is 16.7. The number of esters is 2. The summed E-state index contributed by atoms with van der Waals surface area (Å²) in [4.78, 5) is 38.5. The molecule has 1 fully saturated rings. The minimum atomic E-state index is -1.16. The molecule has 0 radical (unpaired) electrons. The second kappa shape index (κ2) is 9.16. The van der Waals surface area contributed by atoms with Crippen LogP contribution in [0.1, 0.15) is 30.6 Å². The Morgan fingerprint density at radius 1 is 1.03 bits per heavy atom. The van der Waals surface area contributed by atoms with Crippen LogP contribution in [0.2, 0.25) is 0 Å². The van der Waals surface area contributed by atoms with E-state index in [1.165, 1.54) is 23.6 Å². The van der Waals surface area contributed by atoms with Gasteiger partial charge in [-0.3, -0.25) is 14.5 Å². The topological polar surface area (TPSA) is 72.9 Å². The smallest absolute Gasteiger partial charge is 0.356 e. The van der Waals surface area contributed by atoms with Crippen molar-refractivity contribution in [3.63, 3.8) is 0 Å². The van der Waals surface area contributed by atoms with Gasteiger partial charge in [0.05, 0.1) is 11.8 Å². The molecule has 2 aromatic carbocycles. The fourth-order valence-electron chi connectivity index (χ4n) is 3.56. The highest BCUT2D eigenvalue weighted by Gasteiger charge is 2.47. The fourth-order valence-corrected chi connectivity index (χ4v) is 5.25. The summed E-state index contributed by atoms with van der Waals surface area (Å²) in [5.74, 6) is -1.08. The number of ether oxygens (including phenoxy) is 2. The first-order valence-electron chi connectivity index (χ1n) is 9.74. The standard InChI is InChI=1S/C23H20ClNO5S/c1-14(26)29-22(24)17-13-31-19-12-18(27)25(19)20(17)23(28)30-21(15-8-4-2-5-9-15)16-10-6-3-7-11-16/h2-11,19,21-22H,12-13H2,1H3/t19-,22?/m1/s1. The summed E-state index contributed by atoms with van der Waals surface area (Å²) in [7, 11) is 0. The van der Waals surface area contributed by atoms with Gasteiger partial charge in [0, 0.05) is 18.2 Å². The van der Waals surface area contributed by atoms with E-state index in [1.807, 2.05) is 60.7 Å². The molecule has 0 N–H and O–H groups in total. The van der Waals surface area contributed by atoms with Crippen molar-refractivity contribution >= 4 is 41.2 Å². The molecule has 2 heterocycles. The van der Waals surface area contributed by atoms with Gasteiger partial charge in [0.1, 0.15) is 5.70 Å². The summed E-state index contributed by atoms with van der Waals surface area (Å²) in [6.07, 6.45) is -0.327. The predicted octanol–water partition coefficient (Wildman–Crippen LogP) is 4.01. The van der Waals surface area contributed by atoms with Crippen molar-refractivity contribution < 1.29 is 23.9 Å². The van der Waals surface area contributed by atoms with Crippen molar-refractivity contribution in [2.45, 2.75) is 30.4 Å². The third kappa shape index (κ3) is 4.48. The van der Waals surface area contributed by atoms with E-state index in [0.29, 0.717) is 17.7 Å². The molecule has 2 aromatic rings. The maximum absolute atomic E-state index is 13.4. The van der Waals surface area contributed by atoms with Crippen LogP contribution < -0.4 is 0 Å². The number of hydrogen-bond donors (Lipinski definition) is 0. The average molecular weight is 458 g/mol. The second-order valence-corrected chi connectivity index (χ2v) is 8.70. The Labute approximate surface area is 189 Å². The van der Waals surface area contributed by atoms with Crippen LogP contribution in [0.15, 0.2) is 71.9 Å². The van der Waals surface area contributed by atoms with E-state index in [4.69, 9.17) is 21.1 Å². The number of carbonyl (C=O) groups excluding carboxylic acids is 3. The number of carbonyl (C=O) groups is 3. The number of alkyl halides is 1. The molecule has 1 saturated heterocycles. The van der Waals surface area contributed by atoms with Crippen molar-refractivity contribution in [2.24, 2.45) is 0 Å². The van der Waals surface area contributed by atoms with Crippen LogP contribution in [0.3, 0.4) is 0 Å². The Hall–Kier alpha value is -2.77. The quantitative estimate of drug-likeness (QED) is 0.371. The normalized spacial score (nSPS) is 18.9. The number of benzene rings is 2. The van der Waals surface area contributed by atoms with Gasteiger partial charge in [0.15, 0.2) is 11.7 Å². The lowest BCUT2D eigenvalue weighted by Gasteiger charge is -2.45. The van der Waals surface area contributed by atoms with Gasteiger partial charge in [-0.25, -0.2) is 4.79 Å². The molecule has 6 nitrogen and oxygen atoms in total. The lowest BCUT2D eigenvalue weighted by Crippen LogP contribution is -2.54. The van der Waals surface area contributed by atoms with Crippen LogP contribution in [-0.4, -0.2) is 39.4 Å². The van der Waals surface area contributed by atoms with Gasteiger partial charge in [-0.2, -0.15) is 0 Å². The molecule has 160 valence electrons. The van der Waals surface area contributed by atoms with Crippen LogP contribution in [0.5, 0.6) is 0 Å². The Kier molecular flexibility index (Phi) is 6.34. The Balaban J connectivity index is 1.71. The van der Waals surface area contributed by atoms with Crippen molar-refractivity contribution in [1.82, 2.24) is 4.90 Å². The van der Waals surface area contributed by atoms with Crippen molar-refractivity contribution in [3.8, 4) is 0 Å². The van der Waals surface area contributed by atoms with Gasteiger partial charge in [-0.1, -0.05) is 72.3 Å². The largest absolute Gasteiger partial charge is 0.448 e. The number of rotatable bonds is 6. The van der Waals surface area contributed by atoms with E-state index < -0.39 is 23.6 Å². The summed E-state index contributed by atoms with van der Waals surface area (Å²) >= 11 is 7.77. The average Bonchev–Trinajstić information content (AvgIpc) is 2.76. The number of amides is 1. The highest BCUT2D eigenvalue weighted by Crippen LogP contribution is 2.43. The molecule has 2 aliphatic heterocycles. The number of thioether (sulfide) groups is 1. The van der Waals surface area contributed by atoms with Gasteiger partial charge in [0.2, 0.25) is 5.91 Å². The first-order chi connectivity index (χ1) is 15.0. The number of fused-ring (bicyclic) bond motifs is 1. The van der Waals surface area contributed by atoms with Crippen LogP contribution in [0, 0.1) is 0 Å². The number of halogens is 1. The molecule has 0 spiro atoms. The van der Waals surface area contributed by atoms with Crippen molar-refractivity contribution in [1.29, 1.82) is 0 Å². The summed E-state index contributed by atoms with van der Waals surface area (Å²) in [5.41, 5.74) is 0.856. The number of nitrogens with zero attached hydrogens (tertiary/aromatic N) is 1. The molecule has 2 atom stereocenters. The van der Waals surface area contributed by atoms with Crippen LogP contribution in [0.25, 0.3) is 0 Å². The van der Waals surface area contributed by atoms with Gasteiger partial charge in [-0.15, -0.1) is 11.8 Å². The third-order valence-electron chi connectivity index (χ3n) is 5.05. The Morgan fingerprint density at radius 3 is 2.13 bits per heavy atom. The second-order valence-electron chi connectivity index (χ2n) is 7.14. The lowest BCUT2D eigenvalue weighted by molar-refractivity contribution is -0.152. The molecule has 2 aliphatic rings. The van der Waals surface area contributed by atoms with Crippen LogP contribution >= 0.6 is 23.4 Å². The minimum absolute atomic E-state index is 0.0677. The van der Waals surface area contributed by atoms with E-state index in [-0.39, 0.29) is 17.0 Å². The zero-order chi connectivity index (χ0) is 22.0. The molecular formula is C23H20ClNO5S. The zero-order valence-corrected chi connectivity index (χ0v) is 18.3. The number of β-lactam (4-membered cyclic amide) rings is 1. The summed E-state index contributed by atoms with van der Waals surface area (Å²) in [5, 5.41) is -0.146. The third-order valence-corrected chi connectivity index (χ3v) is 6.64. The van der Waals surface area contributed by atoms with Crippen molar-refractivity contribution in [2.75, 3.05) is 5.75 Å². The van der Waals surface area contributed by atoms with E-state index >= 15 is 0 Å². The van der Waals surface area contributed by atoms with E-state index in [9.17, 15) is 14.4 Å². The molecule has 0 bridgehead atoms. The first-order valence-corrected chi connectivity index (χ1v) is 11.2. The molecule has 4 rings (SSSR count). The summed E-state index contributed by atoms with van der Waals surface area (Å²) in [6, 6.07) is 18.7. The predicted molar refractivity (Wildman–Crippen MR) is 117 cm³/mol. The first kappa shape index (κ1) is 21.5. The Bertz CT molecular complexity index is 987. The van der Waals surface area contributed by atoms with Crippen molar-refractivity contribution in [3.05, 3.63) is 83.1 Å². The van der Waals surface area contributed by atoms with E-state index in [1.54, 1.807) is 0 Å². The molecule has 1 unspecified atom stereocenters. The highest BCUT2D eigenvalue weighted by atomic mass is 35.5. The van der Waals surface area contributed by atoms with Gasteiger partial charge in [-0.05, 0) is 11.1 Å². The molecule has 8 heteroatoms. The molecule has 1 amide bonds. The van der Waals surface area contributed by atoms with Gasteiger partial charge in [0.25, 0.3) is 0 Å². The minimum Gasteiger partial charge on any atom is -0.448 e. The molecule has 31 heavy (non-hydrogen) atoms. The fraction of sp³-hybridized carbons (Fsp3) is 0.261. The monoisotopic (exact) mass is 457 g/mol. The van der Waals surface area contributed by atoms with E-state index in [2.05, 4.69) is 0 Å². The molecular weight excluding hydrogens is 438 g/mol. The van der Waals surface area contributed by atoms with Crippen LogP contribution in [-0.2, 0) is 23.9 Å². The molecule has 0 aliphatic carbocycles. The summed E-state index contributed by atoms with van der Waals surface area (Å²) < 4.78 is 11.0. The summed E-state index contributed by atoms with van der Waals surface area (Å²) in [6.45, 7) is 1.24. The Morgan fingerprint density at radius 2 is 1.61 bits per heavy atom. The highest BCUT2D eigenvalue weighted by molar-refractivity contribution is 8.00. The van der Waals surface area contributed by atoms with Gasteiger partial charge >= 0.3 is 11.9 Å². The van der Waals surface area contributed by atoms with Crippen LogP contribution in [0.4, 0.5) is 0 Å². The maximum atomic E-state index is 13.4.